The Kier molecular flexibility index (Phi) is 4.45. The Morgan fingerprint density at radius 3 is 2.65 bits per heavy atom. The van der Waals surface area contributed by atoms with Gasteiger partial charge in [-0.15, -0.1) is 0 Å². The molecule has 1 amide bonds. The molecule has 0 atom stereocenters. The number of aryl methyl sites for hydroxylation is 1. The summed E-state index contributed by atoms with van der Waals surface area (Å²) >= 11 is 3.43. The molecule has 0 aliphatic heterocycles. The van der Waals surface area contributed by atoms with Crippen LogP contribution in [-0.2, 0) is 0 Å². The zero-order valence-electron chi connectivity index (χ0n) is 11.7. The van der Waals surface area contributed by atoms with Crippen LogP contribution in [0.15, 0.2) is 40.9 Å². The van der Waals surface area contributed by atoms with Gasteiger partial charge in [0.05, 0.1) is 12.8 Å². The molecule has 2 aromatic carbocycles. The third-order valence-corrected chi connectivity index (χ3v) is 3.98. The standard InChI is InChI=1S/C16H16BrNO2/c1-10-7-8-14(15(9-10)20-3)18-16(19)12-5-4-6-13(17)11(12)2/h4-9H,1-3H3,(H,18,19). The molecule has 2 rings (SSSR count). The van der Waals surface area contributed by atoms with Gasteiger partial charge < -0.3 is 10.1 Å². The Balaban J connectivity index is 2.30. The highest BCUT2D eigenvalue weighted by Gasteiger charge is 2.13. The van der Waals surface area contributed by atoms with Crippen molar-refractivity contribution in [3.8, 4) is 5.75 Å². The van der Waals surface area contributed by atoms with Crippen molar-refractivity contribution in [1.82, 2.24) is 0 Å². The molecule has 20 heavy (non-hydrogen) atoms. The van der Waals surface area contributed by atoms with Crippen LogP contribution in [0.5, 0.6) is 5.75 Å². The lowest BCUT2D eigenvalue weighted by Gasteiger charge is -2.12. The molecule has 0 aliphatic carbocycles. The summed E-state index contributed by atoms with van der Waals surface area (Å²) in [6.07, 6.45) is 0. The van der Waals surface area contributed by atoms with E-state index in [1.165, 1.54) is 0 Å². The third kappa shape index (κ3) is 3.02. The van der Waals surface area contributed by atoms with Crippen LogP contribution in [-0.4, -0.2) is 13.0 Å². The molecule has 0 heterocycles. The molecule has 0 fully saturated rings. The molecule has 3 nitrogen and oxygen atoms in total. The quantitative estimate of drug-likeness (QED) is 0.907. The first-order chi connectivity index (χ1) is 9.52. The fraction of sp³-hybridized carbons (Fsp3) is 0.188. The second-order valence-electron chi connectivity index (χ2n) is 4.57. The Labute approximate surface area is 127 Å². The van der Waals surface area contributed by atoms with E-state index in [9.17, 15) is 4.79 Å². The minimum absolute atomic E-state index is 0.147. The van der Waals surface area contributed by atoms with E-state index in [0.717, 1.165) is 15.6 Å². The van der Waals surface area contributed by atoms with Crippen molar-refractivity contribution in [3.63, 3.8) is 0 Å². The number of carbonyl (C=O) groups is 1. The van der Waals surface area contributed by atoms with Crippen molar-refractivity contribution in [2.75, 3.05) is 12.4 Å². The van der Waals surface area contributed by atoms with E-state index < -0.39 is 0 Å². The summed E-state index contributed by atoms with van der Waals surface area (Å²) in [5.41, 5.74) is 3.30. The van der Waals surface area contributed by atoms with E-state index in [0.29, 0.717) is 17.0 Å². The average molecular weight is 334 g/mol. The minimum Gasteiger partial charge on any atom is -0.495 e. The van der Waals surface area contributed by atoms with Gasteiger partial charge in [-0.2, -0.15) is 0 Å². The Bertz CT molecular complexity index is 653. The van der Waals surface area contributed by atoms with E-state index in [4.69, 9.17) is 4.74 Å². The number of rotatable bonds is 3. The number of benzene rings is 2. The van der Waals surface area contributed by atoms with Crippen LogP contribution < -0.4 is 10.1 Å². The maximum Gasteiger partial charge on any atom is 0.256 e. The number of ether oxygens (including phenoxy) is 1. The molecular formula is C16H16BrNO2. The molecule has 0 unspecified atom stereocenters. The lowest BCUT2D eigenvalue weighted by atomic mass is 10.1. The van der Waals surface area contributed by atoms with E-state index in [2.05, 4.69) is 21.2 Å². The molecule has 104 valence electrons. The summed E-state index contributed by atoms with van der Waals surface area (Å²) in [5, 5.41) is 2.89. The molecule has 0 saturated carbocycles. The number of nitrogens with one attached hydrogen (secondary N) is 1. The molecule has 0 radical (unpaired) electrons. The normalized spacial score (nSPS) is 10.2. The monoisotopic (exact) mass is 333 g/mol. The molecule has 1 N–H and O–H groups in total. The molecular weight excluding hydrogens is 318 g/mol. The highest BCUT2D eigenvalue weighted by Crippen LogP contribution is 2.27. The van der Waals surface area contributed by atoms with E-state index >= 15 is 0 Å². The molecule has 0 bridgehead atoms. The third-order valence-electron chi connectivity index (χ3n) is 3.12. The fourth-order valence-electron chi connectivity index (χ4n) is 1.94. The predicted octanol–water partition coefficient (Wildman–Crippen LogP) is 4.33. The van der Waals surface area contributed by atoms with Gasteiger partial charge in [0.2, 0.25) is 0 Å². The number of carbonyl (C=O) groups excluding carboxylic acids is 1. The first-order valence-corrected chi connectivity index (χ1v) is 7.03. The number of anilines is 1. The smallest absolute Gasteiger partial charge is 0.256 e. The summed E-state index contributed by atoms with van der Waals surface area (Å²) in [4.78, 5) is 12.4. The van der Waals surface area contributed by atoms with Gasteiger partial charge in [0.15, 0.2) is 0 Å². The largest absolute Gasteiger partial charge is 0.495 e. The van der Waals surface area contributed by atoms with Crippen molar-refractivity contribution in [1.29, 1.82) is 0 Å². The second kappa shape index (κ2) is 6.09. The zero-order chi connectivity index (χ0) is 14.7. The van der Waals surface area contributed by atoms with Crippen molar-refractivity contribution < 1.29 is 9.53 Å². The van der Waals surface area contributed by atoms with Crippen LogP contribution in [0.1, 0.15) is 21.5 Å². The van der Waals surface area contributed by atoms with Gasteiger partial charge in [-0.25, -0.2) is 0 Å². The average Bonchev–Trinajstić information content (AvgIpc) is 2.43. The van der Waals surface area contributed by atoms with Crippen LogP contribution >= 0.6 is 15.9 Å². The topological polar surface area (TPSA) is 38.3 Å². The lowest BCUT2D eigenvalue weighted by Crippen LogP contribution is -2.14. The van der Waals surface area contributed by atoms with Crippen molar-refractivity contribution in [2.24, 2.45) is 0 Å². The van der Waals surface area contributed by atoms with Crippen LogP contribution in [0.2, 0.25) is 0 Å². The van der Waals surface area contributed by atoms with Gasteiger partial charge in [0.25, 0.3) is 5.91 Å². The van der Waals surface area contributed by atoms with Gasteiger partial charge in [-0.05, 0) is 49.2 Å². The maximum absolute atomic E-state index is 12.4. The second-order valence-corrected chi connectivity index (χ2v) is 5.42. The molecule has 2 aromatic rings. The summed E-state index contributed by atoms with van der Waals surface area (Å²) in [5.74, 6) is 0.511. The molecule has 0 aliphatic rings. The van der Waals surface area contributed by atoms with Crippen LogP contribution in [0.25, 0.3) is 0 Å². The van der Waals surface area contributed by atoms with E-state index in [1.54, 1.807) is 13.2 Å². The highest BCUT2D eigenvalue weighted by atomic mass is 79.9. The predicted molar refractivity (Wildman–Crippen MR) is 84.6 cm³/mol. The zero-order valence-corrected chi connectivity index (χ0v) is 13.2. The first-order valence-electron chi connectivity index (χ1n) is 6.24. The summed E-state index contributed by atoms with van der Waals surface area (Å²) in [6, 6.07) is 11.2. The SMILES string of the molecule is COc1cc(C)ccc1NC(=O)c1cccc(Br)c1C. The van der Waals surface area contributed by atoms with Crippen molar-refractivity contribution >= 4 is 27.5 Å². The van der Waals surface area contributed by atoms with Crippen LogP contribution in [0.3, 0.4) is 0 Å². The number of halogens is 1. The van der Waals surface area contributed by atoms with Gasteiger partial charge in [-0.1, -0.05) is 28.1 Å². The minimum atomic E-state index is -0.147. The summed E-state index contributed by atoms with van der Waals surface area (Å²) in [6.45, 7) is 3.89. The number of amides is 1. The van der Waals surface area contributed by atoms with Gasteiger partial charge >= 0.3 is 0 Å². The summed E-state index contributed by atoms with van der Waals surface area (Å²) in [7, 11) is 1.59. The number of hydrogen-bond donors (Lipinski definition) is 1. The molecule has 4 heteroatoms. The first kappa shape index (κ1) is 14.6. The fourth-order valence-corrected chi connectivity index (χ4v) is 2.31. The van der Waals surface area contributed by atoms with E-state index in [1.807, 2.05) is 44.2 Å². The Hall–Kier alpha value is -1.81. The maximum atomic E-state index is 12.4. The van der Waals surface area contributed by atoms with Crippen molar-refractivity contribution in [2.45, 2.75) is 13.8 Å². The molecule has 0 saturated heterocycles. The van der Waals surface area contributed by atoms with Crippen LogP contribution in [0, 0.1) is 13.8 Å². The van der Waals surface area contributed by atoms with Gasteiger partial charge in [-0.3, -0.25) is 4.79 Å². The Morgan fingerprint density at radius 1 is 1.20 bits per heavy atom. The van der Waals surface area contributed by atoms with Crippen molar-refractivity contribution in [3.05, 3.63) is 57.6 Å². The van der Waals surface area contributed by atoms with Gasteiger partial charge in [0.1, 0.15) is 5.75 Å². The lowest BCUT2D eigenvalue weighted by molar-refractivity contribution is 0.102. The molecule has 0 aromatic heterocycles. The van der Waals surface area contributed by atoms with Gasteiger partial charge in [0, 0.05) is 10.0 Å². The van der Waals surface area contributed by atoms with E-state index in [-0.39, 0.29) is 5.91 Å². The Morgan fingerprint density at radius 2 is 1.95 bits per heavy atom. The van der Waals surface area contributed by atoms with Crippen LogP contribution in [0.4, 0.5) is 5.69 Å². The number of hydrogen-bond acceptors (Lipinski definition) is 2. The number of methoxy groups -OCH3 is 1. The summed E-state index contributed by atoms with van der Waals surface area (Å²) < 4.78 is 6.21. The highest BCUT2D eigenvalue weighted by molar-refractivity contribution is 9.10. The molecule has 0 spiro atoms.